The molecule has 0 unspecified atom stereocenters. The Labute approximate surface area is 175 Å². The topological polar surface area (TPSA) is 83.1 Å². The average Bonchev–Trinajstić information content (AvgIpc) is 3.16. The van der Waals surface area contributed by atoms with Crippen LogP contribution in [0.1, 0.15) is 12.5 Å². The number of alkyl halides is 2. The molecule has 2 aromatic carbocycles. The van der Waals surface area contributed by atoms with E-state index in [1.165, 1.54) is 37.3 Å². The molecule has 1 N–H and O–H groups in total. The van der Waals surface area contributed by atoms with Gasteiger partial charge in [0.05, 0.1) is 5.02 Å². The van der Waals surface area contributed by atoms with Gasteiger partial charge in [0, 0.05) is 11.8 Å². The van der Waals surface area contributed by atoms with Crippen LogP contribution in [0.2, 0.25) is 5.02 Å². The zero-order valence-corrected chi connectivity index (χ0v) is 16.3. The molecule has 0 fully saturated rings. The van der Waals surface area contributed by atoms with Crippen molar-refractivity contribution in [3.8, 4) is 17.2 Å². The maximum Gasteiger partial charge on any atom is 0.387 e. The summed E-state index contributed by atoms with van der Waals surface area (Å²) in [6.07, 6.45) is 1.57. The van der Waals surface area contributed by atoms with Crippen LogP contribution in [0.5, 0.6) is 17.2 Å². The Morgan fingerprint density at radius 1 is 1.17 bits per heavy atom. The van der Waals surface area contributed by atoms with Crippen molar-refractivity contribution in [3.63, 3.8) is 0 Å². The maximum absolute atomic E-state index is 12.3. The predicted octanol–water partition coefficient (Wildman–Crippen LogP) is 4.25. The van der Waals surface area contributed by atoms with Gasteiger partial charge >= 0.3 is 12.6 Å². The lowest BCUT2D eigenvalue weighted by Gasteiger charge is -2.13. The third-order valence-electron chi connectivity index (χ3n) is 3.89. The van der Waals surface area contributed by atoms with Crippen LogP contribution in [0, 0.1) is 0 Å². The first kappa shape index (κ1) is 21.4. The van der Waals surface area contributed by atoms with Crippen molar-refractivity contribution in [1.82, 2.24) is 0 Å². The van der Waals surface area contributed by atoms with Gasteiger partial charge in [-0.05, 0) is 48.9 Å². The van der Waals surface area contributed by atoms with Crippen molar-refractivity contribution >= 4 is 35.2 Å². The van der Waals surface area contributed by atoms with E-state index < -0.39 is 24.6 Å². The number of ether oxygens (including phenoxy) is 4. The molecule has 3 rings (SSSR count). The van der Waals surface area contributed by atoms with Crippen molar-refractivity contribution in [2.45, 2.75) is 19.6 Å². The van der Waals surface area contributed by atoms with E-state index in [-0.39, 0.29) is 23.3 Å². The van der Waals surface area contributed by atoms with Crippen LogP contribution in [0.25, 0.3) is 6.08 Å². The van der Waals surface area contributed by atoms with Crippen LogP contribution in [-0.2, 0) is 14.3 Å². The Hall–Kier alpha value is -3.33. The lowest BCUT2D eigenvalue weighted by molar-refractivity contribution is -0.148. The smallest absolute Gasteiger partial charge is 0.387 e. The zero-order valence-electron chi connectivity index (χ0n) is 15.6. The number of esters is 1. The Bertz CT molecular complexity index is 982. The standard InChI is InChI=1S/C20H16ClF2NO6/c1-11(19(26)24-13-4-6-15(14(21)9-13)30-20(22)23)29-18(25)7-3-12-2-5-16-17(8-12)28-10-27-16/h2-9,11,20H,10H2,1H3,(H,24,26)/b7-3-/t11-/m0/s1. The van der Waals surface area contributed by atoms with Gasteiger partial charge in [-0.25, -0.2) is 4.79 Å². The summed E-state index contributed by atoms with van der Waals surface area (Å²) >= 11 is 5.83. The van der Waals surface area contributed by atoms with Gasteiger partial charge < -0.3 is 24.3 Å². The van der Waals surface area contributed by atoms with Crippen LogP contribution >= 0.6 is 11.6 Å². The number of fused-ring (bicyclic) bond motifs is 1. The largest absolute Gasteiger partial charge is 0.454 e. The second kappa shape index (κ2) is 9.45. The predicted molar refractivity (Wildman–Crippen MR) is 104 cm³/mol. The summed E-state index contributed by atoms with van der Waals surface area (Å²) in [5, 5.41) is 2.37. The molecule has 0 saturated heterocycles. The van der Waals surface area contributed by atoms with Gasteiger partial charge in [-0.2, -0.15) is 8.78 Å². The number of halogens is 3. The summed E-state index contributed by atoms with van der Waals surface area (Å²) < 4.78 is 44.2. The van der Waals surface area contributed by atoms with E-state index in [4.69, 9.17) is 25.8 Å². The molecule has 1 aliphatic heterocycles. The zero-order chi connectivity index (χ0) is 21.7. The van der Waals surface area contributed by atoms with Crippen LogP contribution in [0.3, 0.4) is 0 Å². The monoisotopic (exact) mass is 439 g/mol. The molecule has 10 heteroatoms. The van der Waals surface area contributed by atoms with Gasteiger partial charge in [0.2, 0.25) is 6.79 Å². The quantitative estimate of drug-likeness (QED) is 0.513. The Morgan fingerprint density at radius 3 is 2.67 bits per heavy atom. The first-order valence-electron chi connectivity index (χ1n) is 8.65. The Morgan fingerprint density at radius 2 is 1.93 bits per heavy atom. The van der Waals surface area contributed by atoms with E-state index >= 15 is 0 Å². The van der Waals surface area contributed by atoms with Gasteiger partial charge in [-0.1, -0.05) is 17.7 Å². The highest BCUT2D eigenvalue weighted by Gasteiger charge is 2.18. The Balaban J connectivity index is 1.53. The number of amides is 1. The maximum atomic E-state index is 12.3. The molecule has 7 nitrogen and oxygen atoms in total. The van der Waals surface area contributed by atoms with E-state index in [0.29, 0.717) is 17.1 Å². The van der Waals surface area contributed by atoms with Gasteiger partial charge in [-0.15, -0.1) is 0 Å². The second-order valence-electron chi connectivity index (χ2n) is 6.04. The molecule has 0 aromatic heterocycles. The highest BCUT2D eigenvalue weighted by Crippen LogP contribution is 2.33. The lowest BCUT2D eigenvalue weighted by Crippen LogP contribution is -2.29. The van der Waals surface area contributed by atoms with Crippen molar-refractivity contribution in [2.24, 2.45) is 0 Å². The van der Waals surface area contributed by atoms with Crippen LogP contribution in [0.4, 0.5) is 14.5 Å². The van der Waals surface area contributed by atoms with E-state index in [1.807, 2.05) is 0 Å². The van der Waals surface area contributed by atoms with Gasteiger partial charge in [-0.3, -0.25) is 4.79 Å². The summed E-state index contributed by atoms with van der Waals surface area (Å²) in [7, 11) is 0. The summed E-state index contributed by atoms with van der Waals surface area (Å²) in [6, 6.07) is 8.91. The molecule has 2 aromatic rings. The minimum Gasteiger partial charge on any atom is -0.454 e. The summed E-state index contributed by atoms with van der Waals surface area (Å²) in [4.78, 5) is 24.2. The minimum atomic E-state index is -3.02. The van der Waals surface area contributed by atoms with Crippen LogP contribution in [-0.4, -0.2) is 31.4 Å². The van der Waals surface area contributed by atoms with Gasteiger partial charge in [0.15, 0.2) is 17.6 Å². The number of benzene rings is 2. The highest BCUT2D eigenvalue weighted by atomic mass is 35.5. The molecule has 1 atom stereocenters. The summed E-state index contributed by atoms with van der Waals surface area (Å²) in [5.74, 6) is -0.388. The van der Waals surface area contributed by atoms with E-state index in [1.54, 1.807) is 18.2 Å². The van der Waals surface area contributed by atoms with Crippen molar-refractivity contribution in [2.75, 3.05) is 12.1 Å². The number of carbonyl (C=O) groups is 2. The number of hydrogen-bond donors (Lipinski definition) is 1. The number of hydrogen-bond acceptors (Lipinski definition) is 6. The molecule has 30 heavy (non-hydrogen) atoms. The molecule has 1 heterocycles. The molecule has 0 spiro atoms. The van der Waals surface area contributed by atoms with Crippen LogP contribution < -0.4 is 19.5 Å². The van der Waals surface area contributed by atoms with Crippen LogP contribution in [0.15, 0.2) is 42.5 Å². The fraction of sp³-hybridized carbons (Fsp3) is 0.200. The normalized spacial score (nSPS) is 13.4. The van der Waals surface area contributed by atoms with E-state index in [9.17, 15) is 18.4 Å². The minimum absolute atomic E-state index is 0.107. The molecule has 0 bridgehead atoms. The fourth-order valence-corrected chi connectivity index (χ4v) is 2.69. The highest BCUT2D eigenvalue weighted by molar-refractivity contribution is 6.32. The van der Waals surface area contributed by atoms with Gasteiger partial charge in [0.25, 0.3) is 5.91 Å². The molecular formula is C20H16ClF2NO6. The lowest BCUT2D eigenvalue weighted by atomic mass is 10.2. The number of anilines is 1. The first-order valence-corrected chi connectivity index (χ1v) is 9.03. The number of rotatable bonds is 7. The molecule has 0 aliphatic carbocycles. The summed E-state index contributed by atoms with van der Waals surface area (Å²) in [6.45, 7) is -1.49. The molecule has 1 amide bonds. The van der Waals surface area contributed by atoms with Crippen molar-refractivity contribution in [1.29, 1.82) is 0 Å². The van der Waals surface area contributed by atoms with Crippen molar-refractivity contribution in [3.05, 3.63) is 53.1 Å². The molecule has 158 valence electrons. The van der Waals surface area contributed by atoms with E-state index in [2.05, 4.69) is 10.1 Å². The SMILES string of the molecule is C[C@H](OC(=O)/C=C\c1ccc2c(c1)OCO2)C(=O)Nc1ccc(OC(F)F)c(Cl)c1. The number of nitrogens with one attached hydrogen (secondary N) is 1. The molecule has 1 aliphatic rings. The van der Waals surface area contributed by atoms with Gasteiger partial charge in [0.1, 0.15) is 5.75 Å². The molecule has 0 radical (unpaired) electrons. The third-order valence-corrected chi connectivity index (χ3v) is 4.18. The van der Waals surface area contributed by atoms with E-state index in [0.717, 1.165) is 0 Å². The average molecular weight is 440 g/mol. The third kappa shape index (κ3) is 5.60. The fourth-order valence-electron chi connectivity index (χ4n) is 2.46. The Kier molecular flexibility index (Phi) is 6.73. The molecule has 0 saturated carbocycles. The number of carbonyl (C=O) groups excluding carboxylic acids is 2. The summed E-state index contributed by atoms with van der Waals surface area (Å²) in [5.41, 5.74) is 0.916. The first-order chi connectivity index (χ1) is 14.3. The van der Waals surface area contributed by atoms with Crippen molar-refractivity contribution < 1.29 is 37.3 Å². The molecular weight excluding hydrogens is 424 g/mol. The second-order valence-corrected chi connectivity index (χ2v) is 6.45.